The number of nitrogens with zero attached hydrogens (tertiary/aromatic N) is 4. The highest BCUT2D eigenvalue weighted by Gasteiger charge is 2.18. The van der Waals surface area contributed by atoms with Gasteiger partial charge in [0.25, 0.3) is 0 Å². The molecule has 8 heteroatoms. The highest BCUT2D eigenvalue weighted by molar-refractivity contribution is 6.76. The third-order valence-corrected chi connectivity index (χ3v) is 5.94. The van der Waals surface area contributed by atoms with Gasteiger partial charge in [0.15, 0.2) is 0 Å². The van der Waals surface area contributed by atoms with E-state index >= 15 is 0 Å². The fourth-order valence-corrected chi connectivity index (χ4v) is 3.52. The van der Waals surface area contributed by atoms with Gasteiger partial charge in [-0.3, -0.25) is 0 Å². The average molecular weight is 391 g/mol. The maximum Gasteiger partial charge on any atom is 0.222 e. The molecule has 0 amide bonds. The molecule has 0 unspecified atom stereocenters. The summed E-state index contributed by atoms with van der Waals surface area (Å²) >= 11 is 6.12. The molecular formula is C18H23ClN4O2Si. The van der Waals surface area contributed by atoms with Crippen LogP contribution in [0.2, 0.25) is 30.8 Å². The Labute approximate surface area is 159 Å². The summed E-state index contributed by atoms with van der Waals surface area (Å²) in [6, 6.07) is 6.71. The van der Waals surface area contributed by atoms with Crippen LogP contribution < -0.4 is 4.74 Å². The van der Waals surface area contributed by atoms with Crippen molar-refractivity contribution in [1.29, 1.82) is 0 Å². The summed E-state index contributed by atoms with van der Waals surface area (Å²) in [6.45, 7) is 8.09. The van der Waals surface area contributed by atoms with Gasteiger partial charge in [0.1, 0.15) is 17.6 Å². The molecule has 3 rings (SSSR count). The van der Waals surface area contributed by atoms with Gasteiger partial charge >= 0.3 is 0 Å². The third kappa shape index (κ3) is 4.23. The number of hydrogen-bond acceptors (Lipinski definition) is 5. The number of rotatable bonds is 7. The predicted molar refractivity (Wildman–Crippen MR) is 106 cm³/mol. The molecule has 0 aliphatic carbocycles. The monoisotopic (exact) mass is 390 g/mol. The number of ether oxygens (including phenoxy) is 2. The van der Waals surface area contributed by atoms with Crippen molar-refractivity contribution in [3.8, 4) is 17.1 Å². The Balaban J connectivity index is 1.96. The Hall–Kier alpha value is -1.96. The van der Waals surface area contributed by atoms with Crippen molar-refractivity contribution in [1.82, 2.24) is 19.7 Å². The first-order valence-corrected chi connectivity index (χ1v) is 12.6. The normalized spacial score (nSPS) is 11.9. The molecule has 0 atom stereocenters. The topological polar surface area (TPSA) is 62.1 Å². The quantitative estimate of drug-likeness (QED) is 0.338. The molecule has 3 aromatic heterocycles. The molecule has 0 aliphatic rings. The highest BCUT2D eigenvalue weighted by atomic mass is 35.5. The lowest BCUT2D eigenvalue weighted by Crippen LogP contribution is -2.22. The summed E-state index contributed by atoms with van der Waals surface area (Å²) in [4.78, 5) is 8.46. The van der Waals surface area contributed by atoms with Crippen LogP contribution in [0, 0.1) is 0 Å². The minimum Gasteiger partial charge on any atom is -0.481 e. The van der Waals surface area contributed by atoms with E-state index in [-0.39, 0.29) is 0 Å². The van der Waals surface area contributed by atoms with E-state index < -0.39 is 8.07 Å². The first-order chi connectivity index (χ1) is 12.4. The summed E-state index contributed by atoms with van der Waals surface area (Å²) in [5.74, 6) is 0.520. The minimum atomic E-state index is -1.13. The van der Waals surface area contributed by atoms with Crippen molar-refractivity contribution in [2.75, 3.05) is 13.7 Å². The second-order valence-corrected chi connectivity index (χ2v) is 13.3. The minimum absolute atomic E-state index is 0.368. The van der Waals surface area contributed by atoms with Gasteiger partial charge in [0.05, 0.1) is 24.4 Å². The second kappa shape index (κ2) is 7.73. The Morgan fingerprint density at radius 3 is 2.77 bits per heavy atom. The average Bonchev–Trinajstić information content (AvgIpc) is 2.95. The smallest absolute Gasteiger partial charge is 0.222 e. The van der Waals surface area contributed by atoms with Crippen molar-refractivity contribution in [3.05, 3.63) is 35.7 Å². The van der Waals surface area contributed by atoms with Gasteiger partial charge in [-0.2, -0.15) is 5.10 Å². The summed E-state index contributed by atoms with van der Waals surface area (Å²) < 4.78 is 13.1. The van der Waals surface area contributed by atoms with Crippen LogP contribution in [0.1, 0.15) is 0 Å². The molecule has 0 fully saturated rings. The Morgan fingerprint density at radius 1 is 1.23 bits per heavy atom. The van der Waals surface area contributed by atoms with Gasteiger partial charge in [0, 0.05) is 26.3 Å². The molecular weight excluding hydrogens is 368 g/mol. The van der Waals surface area contributed by atoms with Crippen LogP contribution in [0.5, 0.6) is 5.88 Å². The van der Waals surface area contributed by atoms with E-state index in [0.29, 0.717) is 17.8 Å². The maximum absolute atomic E-state index is 6.12. The SMILES string of the molecule is COc1ncccc1-c1nn(COCC[Si](C)(C)C)c2cnc(Cl)cc12. The van der Waals surface area contributed by atoms with Gasteiger partial charge in [-0.05, 0) is 24.2 Å². The fraction of sp³-hybridized carbons (Fsp3) is 0.389. The predicted octanol–water partition coefficient (Wildman–Crippen LogP) is 4.47. The summed E-state index contributed by atoms with van der Waals surface area (Å²) in [5, 5.41) is 6.04. The van der Waals surface area contributed by atoms with Crippen molar-refractivity contribution in [3.63, 3.8) is 0 Å². The van der Waals surface area contributed by atoms with Crippen LogP contribution in [-0.4, -0.2) is 41.5 Å². The standard InChI is InChI=1S/C18H23ClN4O2Si/c1-24-18-13(6-5-7-20-18)17-14-10-16(19)21-11-15(14)23(22-17)12-25-8-9-26(2,3)4/h5-7,10-11H,8-9,12H2,1-4H3. The number of pyridine rings is 2. The van der Waals surface area contributed by atoms with Gasteiger partial charge in [-0.1, -0.05) is 31.2 Å². The van der Waals surface area contributed by atoms with Crippen molar-refractivity contribution < 1.29 is 9.47 Å². The fourth-order valence-electron chi connectivity index (χ4n) is 2.61. The van der Waals surface area contributed by atoms with E-state index in [1.807, 2.05) is 22.9 Å². The van der Waals surface area contributed by atoms with Crippen LogP contribution in [0.4, 0.5) is 0 Å². The first kappa shape index (κ1) is 18.8. The molecule has 0 saturated heterocycles. The van der Waals surface area contributed by atoms with Crippen LogP contribution in [-0.2, 0) is 11.5 Å². The van der Waals surface area contributed by atoms with E-state index in [4.69, 9.17) is 26.2 Å². The molecule has 6 nitrogen and oxygen atoms in total. The molecule has 26 heavy (non-hydrogen) atoms. The van der Waals surface area contributed by atoms with E-state index in [9.17, 15) is 0 Å². The zero-order valence-electron chi connectivity index (χ0n) is 15.5. The summed E-state index contributed by atoms with van der Waals surface area (Å²) in [5.41, 5.74) is 2.43. The summed E-state index contributed by atoms with van der Waals surface area (Å²) in [6.07, 6.45) is 3.41. The number of methoxy groups -OCH3 is 1. The largest absolute Gasteiger partial charge is 0.481 e. The molecule has 3 heterocycles. The number of hydrogen-bond donors (Lipinski definition) is 0. The molecule has 0 aromatic carbocycles. The van der Waals surface area contributed by atoms with Crippen molar-refractivity contribution in [2.24, 2.45) is 0 Å². The lowest BCUT2D eigenvalue weighted by Gasteiger charge is -2.15. The maximum atomic E-state index is 6.12. The highest BCUT2D eigenvalue weighted by Crippen LogP contribution is 2.33. The van der Waals surface area contributed by atoms with Gasteiger partial charge in [-0.15, -0.1) is 0 Å². The number of aromatic nitrogens is 4. The lowest BCUT2D eigenvalue weighted by atomic mass is 10.1. The molecule has 0 bridgehead atoms. The van der Waals surface area contributed by atoms with Crippen LogP contribution in [0.15, 0.2) is 30.6 Å². The molecule has 138 valence electrons. The third-order valence-electron chi connectivity index (χ3n) is 4.03. The Bertz CT molecular complexity index is 908. The van der Waals surface area contributed by atoms with E-state index in [2.05, 4.69) is 29.6 Å². The van der Waals surface area contributed by atoms with Gasteiger partial charge in [-0.25, -0.2) is 14.6 Å². The molecule has 0 aliphatic heterocycles. The number of halogens is 1. The zero-order valence-corrected chi connectivity index (χ0v) is 17.2. The first-order valence-electron chi connectivity index (χ1n) is 8.48. The molecule has 0 N–H and O–H groups in total. The van der Waals surface area contributed by atoms with Crippen molar-refractivity contribution >= 4 is 30.6 Å². The van der Waals surface area contributed by atoms with Crippen molar-refractivity contribution in [2.45, 2.75) is 32.4 Å². The Kier molecular flexibility index (Phi) is 5.60. The Morgan fingerprint density at radius 2 is 2.04 bits per heavy atom. The molecule has 0 saturated carbocycles. The lowest BCUT2D eigenvalue weighted by molar-refractivity contribution is 0.0818. The zero-order chi connectivity index (χ0) is 18.7. The second-order valence-electron chi connectivity index (χ2n) is 7.28. The molecule has 0 radical (unpaired) electrons. The molecule has 0 spiro atoms. The van der Waals surface area contributed by atoms with Crippen LogP contribution >= 0.6 is 11.6 Å². The van der Waals surface area contributed by atoms with E-state index in [1.165, 1.54) is 0 Å². The number of fused-ring (bicyclic) bond motifs is 1. The van der Waals surface area contributed by atoms with Gasteiger partial charge in [0.2, 0.25) is 5.88 Å². The van der Waals surface area contributed by atoms with E-state index in [1.54, 1.807) is 19.5 Å². The van der Waals surface area contributed by atoms with E-state index in [0.717, 1.165) is 34.8 Å². The van der Waals surface area contributed by atoms with Gasteiger partial charge < -0.3 is 9.47 Å². The van der Waals surface area contributed by atoms with Crippen LogP contribution in [0.25, 0.3) is 22.2 Å². The molecule has 3 aromatic rings. The summed E-state index contributed by atoms with van der Waals surface area (Å²) in [7, 11) is 0.471. The van der Waals surface area contributed by atoms with Crippen LogP contribution in [0.3, 0.4) is 0 Å².